The number of aromatic nitrogens is 5. The summed E-state index contributed by atoms with van der Waals surface area (Å²) in [4.78, 5) is 25.4. The van der Waals surface area contributed by atoms with Crippen molar-refractivity contribution in [3.63, 3.8) is 0 Å². The Labute approximate surface area is 230 Å². The Morgan fingerprint density at radius 3 is 2.80 bits per heavy atom. The number of anilines is 1. The van der Waals surface area contributed by atoms with Crippen molar-refractivity contribution in [1.82, 2.24) is 35.0 Å². The monoisotopic (exact) mass is 550 g/mol. The van der Waals surface area contributed by atoms with Crippen LogP contribution in [0.15, 0.2) is 41.3 Å². The molecule has 0 saturated carbocycles. The summed E-state index contributed by atoms with van der Waals surface area (Å²) in [6.45, 7) is 9.86. The highest BCUT2D eigenvalue weighted by molar-refractivity contribution is 5.89. The molecule has 6 rings (SSSR count). The van der Waals surface area contributed by atoms with Gasteiger partial charge in [-0.25, -0.2) is 18.3 Å². The van der Waals surface area contributed by atoms with E-state index in [0.717, 1.165) is 33.6 Å². The maximum Gasteiger partial charge on any atom is 0.315 e. The van der Waals surface area contributed by atoms with Crippen LogP contribution in [0.2, 0.25) is 0 Å². The van der Waals surface area contributed by atoms with E-state index in [1.807, 2.05) is 63.1 Å². The van der Waals surface area contributed by atoms with Crippen LogP contribution in [-0.4, -0.2) is 73.7 Å². The summed E-state index contributed by atoms with van der Waals surface area (Å²) >= 11 is 0. The standard InChI is InChI=1S/C28H32F2N8O2/c1-17-9-18(5-6-19(17)12-31-24(39)25-34-26(35-40-25)27(2,3)4)23-22-10-20(14-38(22)33-16-32-23)36-7-8-37-15-28(29,30)11-21(37)13-36/h5-6,9-10,14,16,21H,7-8,11-13,15H2,1-4H3,(H,31,39)/t21-/m0/s1. The van der Waals surface area contributed by atoms with Gasteiger partial charge in [0.2, 0.25) is 0 Å². The second-order valence-corrected chi connectivity index (χ2v) is 11.8. The van der Waals surface area contributed by atoms with Crippen LogP contribution in [-0.2, 0) is 12.0 Å². The number of carbonyl (C=O) groups excluding carboxylic acids is 1. The normalized spacial score (nSPS) is 19.2. The van der Waals surface area contributed by atoms with Gasteiger partial charge in [0, 0.05) is 49.6 Å². The number of hydrogen-bond donors (Lipinski definition) is 1. The van der Waals surface area contributed by atoms with E-state index in [1.165, 1.54) is 6.33 Å². The van der Waals surface area contributed by atoms with Gasteiger partial charge in [0.05, 0.1) is 29.6 Å². The molecule has 1 N–H and O–H groups in total. The van der Waals surface area contributed by atoms with E-state index in [1.54, 1.807) is 4.52 Å². The number of halogens is 2. The molecule has 1 aromatic carbocycles. The number of carbonyl (C=O) groups is 1. The van der Waals surface area contributed by atoms with Crippen LogP contribution in [0.4, 0.5) is 14.5 Å². The molecule has 2 fully saturated rings. The summed E-state index contributed by atoms with van der Waals surface area (Å²) in [5.41, 5.74) is 5.08. The molecule has 2 aliphatic heterocycles. The molecule has 0 aliphatic carbocycles. The molecule has 10 nitrogen and oxygen atoms in total. The van der Waals surface area contributed by atoms with Crippen LogP contribution >= 0.6 is 0 Å². The van der Waals surface area contributed by atoms with Gasteiger partial charge in [0.1, 0.15) is 6.33 Å². The summed E-state index contributed by atoms with van der Waals surface area (Å²) in [7, 11) is 0. The Morgan fingerprint density at radius 1 is 1.23 bits per heavy atom. The first kappa shape index (κ1) is 26.3. The topological polar surface area (TPSA) is 105 Å². The van der Waals surface area contributed by atoms with Crippen LogP contribution < -0.4 is 10.2 Å². The summed E-state index contributed by atoms with van der Waals surface area (Å²) in [5.74, 6) is -2.62. The number of aryl methyl sites for hydroxylation is 1. The van der Waals surface area contributed by atoms with Crippen molar-refractivity contribution < 1.29 is 18.1 Å². The van der Waals surface area contributed by atoms with Gasteiger partial charge in [0.15, 0.2) is 5.82 Å². The zero-order valence-corrected chi connectivity index (χ0v) is 23.0. The Bertz CT molecular complexity index is 1570. The van der Waals surface area contributed by atoms with Crippen molar-refractivity contribution in [3.05, 3.63) is 59.6 Å². The van der Waals surface area contributed by atoms with Crippen LogP contribution in [0.25, 0.3) is 16.8 Å². The predicted octanol–water partition coefficient (Wildman–Crippen LogP) is 3.84. The minimum atomic E-state index is -2.61. The third-order valence-electron chi connectivity index (χ3n) is 7.68. The average molecular weight is 551 g/mol. The highest BCUT2D eigenvalue weighted by Gasteiger charge is 2.46. The third kappa shape index (κ3) is 5.03. The minimum absolute atomic E-state index is 0.0605. The molecular formula is C28H32F2N8O2. The Hall–Kier alpha value is -3.93. The first-order valence-corrected chi connectivity index (χ1v) is 13.4. The van der Waals surface area contributed by atoms with Crippen LogP contribution in [0.1, 0.15) is 54.8 Å². The number of amides is 1. The highest BCUT2D eigenvalue weighted by atomic mass is 19.3. The number of hydrogen-bond acceptors (Lipinski definition) is 8. The van der Waals surface area contributed by atoms with Gasteiger partial charge in [-0.1, -0.05) is 38.1 Å². The maximum absolute atomic E-state index is 13.9. The molecule has 4 aromatic rings. The SMILES string of the molecule is Cc1cc(-c2ncnn3cc(N4CCN5CC(F)(F)C[C@H]5C4)cc23)ccc1CNC(=O)c1nc(C(C)(C)C)no1. The van der Waals surface area contributed by atoms with Gasteiger partial charge >= 0.3 is 11.8 Å². The molecule has 210 valence electrons. The molecule has 2 aliphatic rings. The molecule has 5 heterocycles. The van der Waals surface area contributed by atoms with E-state index in [0.29, 0.717) is 32.0 Å². The lowest BCUT2D eigenvalue weighted by Gasteiger charge is -2.37. The number of benzene rings is 1. The van der Waals surface area contributed by atoms with Crippen molar-refractivity contribution in [2.24, 2.45) is 0 Å². The van der Waals surface area contributed by atoms with E-state index in [-0.39, 0.29) is 30.3 Å². The molecule has 0 unspecified atom stereocenters. The average Bonchev–Trinajstić information content (AvgIpc) is 3.62. The van der Waals surface area contributed by atoms with Gasteiger partial charge in [0.25, 0.3) is 5.92 Å². The number of fused-ring (bicyclic) bond motifs is 2. The number of nitrogens with one attached hydrogen (secondary N) is 1. The zero-order chi connectivity index (χ0) is 28.2. The summed E-state index contributed by atoms with van der Waals surface area (Å²) < 4.78 is 34.8. The molecular weight excluding hydrogens is 518 g/mol. The number of nitrogens with zero attached hydrogens (tertiary/aromatic N) is 7. The van der Waals surface area contributed by atoms with Crippen molar-refractivity contribution in [3.8, 4) is 11.3 Å². The summed E-state index contributed by atoms with van der Waals surface area (Å²) in [5, 5.41) is 11.1. The first-order chi connectivity index (χ1) is 19.0. The van der Waals surface area contributed by atoms with Gasteiger partial charge < -0.3 is 14.7 Å². The van der Waals surface area contributed by atoms with Gasteiger partial charge in [-0.15, -0.1) is 0 Å². The predicted molar refractivity (Wildman–Crippen MR) is 144 cm³/mol. The molecule has 1 amide bonds. The molecule has 2 saturated heterocycles. The molecule has 0 spiro atoms. The molecule has 3 aromatic heterocycles. The number of rotatable bonds is 5. The van der Waals surface area contributed by atoms with Crippen molar-refractivity contribution >= 4 is 17.1 Å². The fourth-order valence-corrected chi connectivity index (χ4v) is 5.46. The van der Waals surface area contributed by atoms with E-state index in [9.17, 15) is 13.6 Å². The smallest absolute Gasteiger partial charge is 0.315 e. The Kier molecular flexibility index (Phi) is 6.32. The molecule has 0 radical (unpaired) electrons. The minimum Gasteiger partial charge on any atom is -0.367 e. The Balaban J connectivity index is 1.18. The van der Waals surface area contributed by atoms with Gasteiger partial charge in [-0.05, 0) is 30.2 Å². The van der Waals surface area contributed by atoms with E-state index in [4.69, 9.17) is 4.52 Å². The number of piperazine rings is 1. The lowest BCUT2D eigenvalue weighted by molar-refractivity contribution is 0.0125. The molecule has 1 atom stereocenters. The molecule has 12 heteroatoms. The lowest BCUT2D eigenvalue weighted by atomic mass is 9.96. The van der Waals surface area contributed by atoms with Crippen molar-refractivity contribution in [2.45, 2.75) is 58.0 Å². The zero-order valence-electron chi connectivity index (χ0n) is 23.0. The lowest BCUT2D eigenvalue weighted by Crippen LogP contribution is -2.50. The van der Waals surface area contributed by atoms with E-state index < -0.39 is 11.8 Å². The van der Waals surface area contributed by atoms with Crippen LogP contribution in [0.3, 0.4) is 0 Å². The summed E-state index contributed by atoms with van der Waals surface area (Å²) in [6.07, 6.45) is 3.35. The van der Waals surface area contributed by atoms with Gasteiger partial charge in [-0.3, -0.25) is 9.69 Å². The first-order valence-electron chi connectivity index (χ1n) is 13.4. The number of alkyl halides is 2. The molecule has 40 heavy (non-hydrogen) atoms. The quantitative estimate of drug-likeness (QED) is 0.400. The fraction of sp³-hybridized carbons (Fsp3) is 0.464. The largest absolute Gasteiger partial charge is 0.367 e. The van der Waals surface area contributed by atoms with Crippen LogP contribution in [0.5, 0.6) is 0 Å². The Morgan fingerprint density at radius 2 is 2.05 bits per heavy atom. The van der Waals surface area contributed by atoms with Crippen LogP contribution in [0, 0.1) is 6.92 Å². The van der Waals surface area contributed by atoms with Crippen molar-refractivity contribution in [2.75, 3.05) is 31.1 Å². The van der Waals surface area contributed by atoms with E-state index in [2.05, 4.69) is 30.4 Å². The highest BCUT2D eigenvalue weighted by Crippen LogP contribution is 2.36. The second-order valence-electron chi connectivity index (χ2n) is 11.8. The second kappa shape index (κ2) is 9.61. The fourth-order valence-electron chi connectivity index (χ4n) is 5.46. The van der Waals surface area contributed by atoms with E-state index >= 15 is 0 Å². The maximum atomic E-state index is 13.9. The van der Waals surface area contributed by atoms with Gasteiger partial charge in [-0.2, -0.15) is 10.1 Å². The third-order valence-corrected chi connectivity index (χ3v) is 7.68. The summed E-state index contributed by atoms with van der Waals surface area (Å²) in [6, 6.07) is 7.83. The molecule has 0 bridgehead atoms. The van der Waals surface area contributed by atoms with Crippen molar-refractivity contribution in [1.29, 1.82) is 0 Å².